The van der Waals surface area contributed by atoms with Crippen molar-refractivity contribution in [2.24, 2.45) is 11.8 Å². The molecular formula is C13H16N2O3. The summed E-state index contributed by atoms with van der Waals surface area (Å²) in [6, 6.07) is 5.31. The summed E-state index contributed by atoms with van der Waals surface area (Å²) in [4.78, 5) is 28.9. The van der Waals surface area contributed by atoms with Crippen LogP contribution >= 0.6 is 0 Å². The fourth-order valence-corrected chi connectivity index (χ4v) is 2.46. The van der Waals surface area contributed by atoms with E-state index < -0.39 is 17.8 Å². The molecule has 1 aromatic rings. The maximum Gasteiger partial charge on any atom is 0.307 e. The first kappa shape index (κ1) is 12.5. The van der Waals surface area contributed by atoms with Gasteiger partial charge in [0.15, 0.2) is 0 Å². The monoisotopic (exact) mass is 248 g/mol. The minimum atomic E-state index is -0.875. The molecule has 1 heterocycles. The molecule has 0 bridgehead atoms. The van der Waals surface area contributed by atoms with E-state index in [0.29, 0.717) is 18.7 Å². The number of hydrogen-bond acceptors (Lipinski definition) is 3. The number of hydrogen-bond donors (Lipinski definition) is 1. The van der Waals surface area contributed by atoms with Crippen LogP contribution in [-0.4, -0.2) is 29.0 Å². The fourth-order valence-electron chi connectivity index (χ4n) is 2.46. The van der Waals surface area contributed by atoms with Crippen LogP contribution in [-0.2, 0) is 9.59 Å². The molecule has 1 N–H and O–H groups in total. The predicted molar refractivity (Wildman–Crippen MR) is 66.1 cm³/mol. The highest BCUT2D eigenvalue weighted by atomic mass is 16.4. The number of pyridine rings is 1. The summed E-state index contributed by atoms with van der Waals surface area (Å²) in [6.45, 7) is 0. The highest BCUT2D eigenvalue weighted by molar-refractivity contribution is 5.96. The first-order chi connectivity index (χ1) is 8.61. The summed E-state index contributed by atoms with van der Waals surface area (Å²) in [6.07, 6.45) is 3.64. The lowest BCUT2D eigenvalue weighted by atomic mass is 9.95. The molecular weight excluding hydrogens is 232 g/mol. The first-order valence-electron chi connectivity index (χ1n) is 6.02. The molecule has 1 aliphatic carbocycles. The number of nitrogens with zero attached hydrogens (tertiary/aromatic N) is 2. The van der Waals surface area contributed by atoms with E-state index >= 15 is 0 Å². The zero-order valence-electron chi connectivity index (χ0n) is 10.2. The molecule has 2 rings (SSSR count). The molecule has 18 heavy (non-hydrogen) atoms. The third kappa shape index (κ3) is 2.34. The van der Waals surface area contributed by atoms with Gasteiger partial charge in [0, 0.05) is 13.2 Å². The van der Waals surface area contributed by atoms with Crippen molar-refractivity contribution in [3.05, 3.63) is 24.4 Å². The van der Waals surface area contributed by atoms with Crippen molar-refractivity contribution in [2.45, 2.75) is 19.3 Å². The average Bonchev–Trinajstić information content (AvgIpc) is 2.87. The van der Waals surface area contributed by atoms with Crippen LogP contribution in [0.4, 0.5) is 5.82 Å². The molecule has 5 heteroatoms. The van der Waals surface area contributed by atoms with Gasteiger partial charge in [-0.05, 0) is 25.0 Å². The highest BCUT2D eigenvalue weighted by Crippen LogP contribution is 2.33. The van der Waals surface area contributed by atoms with Crippen LogP contribution in [0.3, 0.4) is 0 Å². The van der Waals surface area contributed by atoms with Crippen LogP contribution in [0.25, 0.3) is 0 Å². The molecule has 0 spiro atoms. The fraction of sp³-hybridized carbons (Fsp3) is 0.462. The maximum absolute atomic E-state index is 12.3. The van der Waals surface area contributed by atoms with E-state index in [-0.39, 0.29) is 5.91 Å². The SMILES string of the molecule is CN(C(=O)[C@@H]1CCC[C@@H]1C(=O)O)c1ccccn1. The lowest BCUT2D eigenvalue weighted by molar-refractivity contribution is -0.145. The molecule has 96 valence electrons. The van der Waals surface area contributed by atoms with E-state index in [2.05, 4.69) is 4.98 Å². The normalized spacial score (nSPS) is 22.7. The third-order valence-corrected chi connectivity index (χ3v) is 3.47. The molecule has 0 saturated heterocycles. The van der Waals surface area contributed by atoms with Gasteiger partial charge < -0.3 is 5.11 Å². The molecule has 1 saturated carbocycles. The number of anilines is 1. The Morgan fingerprint density at radius 1 is 1.33 bits per heavy atom. The van der Waals surface area contributed by atoms with Crippen LogP contribution < -0.4 is 4.90 Å². The molecule has 5 nitrogen and oxygen atoms in total. The van der Waals surface area contributed by atoms with Crippen molar-refractivity contribution in [1.82, 2.24) is 4.98 Å². The standard InChI is InChI=1S/C13H16N2O3/c1-15(11-7-2-3-8-14-11)12(16)9-5-4-6-10(9)13(17)18/h2-3,7-10H,4-6H2,1H3,(H,17,18)/t9-,10+/m1/s1. The van der Waals surface area contributed by atoms with Gasteiger partial charge in [-0.1, -0.05) is 12.5 Å². The Hall–Kier alpha value is -1.91. The van der Waals surface area contributed by atoms with Crippen LogP contribution in [0.5, 0.6) is 0 Å². The Labute approximate surface area is 105 Å². The Bertz CT molecular complexity index is 447. The largest absolute Gasteiger partial charge is 0.481 e. The van der Waals surface area contributed by atoms with Crippen molar-refractivity contribution in [2.75, 3.05) is 11.9 Å². The molecule has 1 aromatic heterocycles. The Kier molecular flexibility index (Phi) is 3.60. The summed E-state index contributed by atoms with van der Waals surface area (Å²) in [7, 11) is 1.64. The van der Waals surface area contributed by atoms with E-state index in [1.165, 1.54) is 4.90 Å². The molecule has 2 atom stereocenters. The van der Waals surface area contributed by atoms with Crippen molar-refractivity contribution >= 4 is 17.7 Å². The van der Waals surface area contributed by atoms with Crippen molar-refractivity contribution in [3.63, 3.8) is 0 Å². The van der Waals surface area contributed by atoms with Crippen LogP contribution in [0, 0.1) is 11.8 Å². The van der Waals surface area contributed by atoms with Gasteiger partial charge in [-0.2, -0.15) is 0 Å². The molecule has 0 unspecified atom stereocenters. The number of aliphatic carboxylic acids is 1. The Morgan fingerprint density at radius 2 is 2.06 bits per heavy atom. The third-order valence-electron chi connectivity index (χ3n) is 3.47. The van der Waals surface area contributed by atoms with Gasteiger partial charge in [-0.15, -0.1) is 0 Å². The number of carboxylic acid groups (broad SMARTS) is 1. The van der Waals surface area contributed by atoms with Gasteiger partial charge in [0.1, 0.15) is 5.82 Å². The number of amides is 1. The summed E-state index contributed by atoms with van der Waals surface area (Å²) in [5.41, 5.74) is 0. The van der Waals surface area contributed by atoms with E-state index in [0.717, 1.165) is 6.42 Å². The summed E-state index contributed by atoms with van der Waals surface area (Å²) >= 11 is 0. The number of carboxylic acids is 1. The molecule has 1 amide bonds. The number of aromatic nitrogens is 1. The minimum absolute atomic E-state index is 0.154. The minimum Gasteiger partial charge on any atom is -0.481 e. The van der Waals surface area contributed by atoms with E-state index in [4.69, 9.17) is 5.11 Å². The lowest BCUT2D eigenvalue weighted by Crippen LogP contribution is -2.37. The summed E-state index contributed by atoms with van der Waals surface area (Å²) in [5, 5.41) is 9.10. The van der Waals surface area contributed by atoms with Gasteiger partial charge in [0.2, 0.25) is 5.91 Å². The van der Waals surface area contributed by atoms with Gasteiger partial charge in [-0.3, -0.25) is 14.5 Å². The quantitative estimate of drug-likeness (QED) is 0.881. The molecule has 0 aromatic carbocycles. The highest BCUT2D eigenvalue weighted by Gasteiger charge is 2.39. The predicted octanol–water partition coefficient (Wildman–Crippen LogP) is 1.55. The van der Waals surface area contributed by atoms with Gasteiger partial charge in [0.25, 0.3) is 0 Å². The topological polar surface area (TPSA) is 70.5 Å². The van der Waals surface area contributed by atoms with Crippen LogP contribution in [0.1, 0.15) is 19.3 Å². The zero-order valence-corrected chi connectivity index (χ0v) is 10.2. The van der Waals surface area contributed by atoms with E-state index in [9.17, 15) is 9.59 Å². The first-order valence-corrected chi connectivity index (χ1v) is 6.02. The average molecular weight is 248 g/mol. The lowest BCUT2D eigenvalue weighted by Gasteiger charge is -2.22. The summed E-state index contributed by atoms with van der Waals surface area (Å²) < 4.78 is 0. The van der Waals surface area contributed by atoms with Crippen molar-refractivity contribution in [3.8, 4) is 0 Å². The van der Waals surface area contributed by atoms with Crippen molar-refractivity contribution in [1.29, 1.82) is 0 Å². The summed E-state index contributed by atoms with van der Waals surface area (Å²) in [5.74, 6) is -1.45. The second kappa shape index (κ2) is 5.16. The molecule has 0 radical (unpaired) electrons. The molecule has 1 aliphatic rings. The zero-order chi connectivity index (χ0) is 13.1. The van der Waals surface area contributed by atoms with Gasteiger partial charge in [-0.25, -0.2) is 4.98 Å². The Balaban J connectivity index is 2.14. The van der Waals surface area contributed by atoms with E-state index in [1.807, 2.05) is 0 Å². The number of carbonyl (C=O) groups is 2. The second-order valence-corrected chi connectivity index (χ2v) is 4.57. The molecule has 1 fully saturated rings. The van der Waals surface area contributed by atoms with Gasteiger partial charge >= 0.3 is 5.97 Å². The van der Waals surface area contributed by atoms with E-state index in [1.54, 1.807) is 31.4 Å². The van der Waals surface area contributed by atoms with Crippen LogP contribution in [0.2, 0.25) is 0 Å². The number of carbonyl (C=O) groups excluding carboxylic acids is 1. The van der Waals surface area contributed by atoms with Crippen LogP contribution in [0.15, 0.2) is 24.4 Å². The molecule has 0 aliphatic heterocycles. The number of rotatable bonds is 3. The Morgan fingerprint density at radius 3 is 2.67 bits per heavy atom. The maximum atomic E-state index is 12.3. The van der Waals surface area contributed by atoms with Gasteiger partial charge in [0.05, 0.1) is 11.8 Å². The second-order valence-electron chi connectivity index (χ2n) is 4.57. The van der Waals surface area contributed by atoms with Crippen molar-refractivity contribution < 1.29 is 14.7 Å². The smallest absolute Gasteiger partial charge is 0.307 e.